The van der Waals surface area contributed by atoms with Crippen LogP contribution in [-0.4, -0.2) is 53.3 Å². The largest absolute Gasteiger partial charge is 0.385 e. The molecular weight excluding hydrogens is 509 g/mol. The van der Waals surface area contributed by atoms with Gasteiger partial charge in [0.2, 0.25) is 11.8 Å². The molecule has 0 bridgehead atoms. The average molecular weight is 540 g/mol. The number of nitrogens with zero attached hydrogens (tertiary/aromatic N) is 3. The zero-order valence-corrected chi connectivity index (χ0v) is 22.2. The molecule has 3 rings (SSSR count). The molecule has 0 fully saturated rings. The smallest absolute Gasteiger partial charge is 0.269 e. The van der Waals surface area contributed by atoms with Crippen molar-refractivity contribution in [3.63, 3.8) is 0 Å². The van der Waals surface area contributed by atoms with E-state index in [2.05, 4.69) is 0 Å². The van der Waals surface area contributed by atoms with Gasteiger partial charge in [-0.2, -0.15) is 0 Å². The Balaban J connectivity index is 1.77. The lowest BCUT2D eigenvalue weighted by Gasteiger charge is -2.27. The maximum absolute atomic E-state index is 13.5. The molecule has 2 amide bonds. The summed E-state index contributed by atoms with van der Waals surface area (Å²) >= 11 is 1.55. The number of amides is 2. The van der Waals surface area contributed by atoms with Crippen LogP contribution < -0.4 is 0 Å². The quantitative estimate of drug-likeness (QED) is 0.129. The highest BCUT2D eigenvalue weighted by Gasteiger charge is 2.21. The number of hydrogen-bond acceptors (Lipinski definition) is 6. The molecule has 0 aliphatic rings. The number of hydrogen-bond donors (Lipinski definition) is 0. The third-order valence-electron chi connectivity index (χ3n) is 5.88. The van der Waals surface area contributed by atoms with E-state index in [1.165, 1.54) is 35.2 Å². The number of non-ortho nitro benzene ring substituents is 1. The van der Waals surface area contributed by atoms with Crippen molar-refractivity contribution < 1.29 is 23.6 Å². The van der Waals surface area contributed by atoms with Crippen molar-refractivity contribution in [3.8, 4) is 0 Å². The molecule has 0 atom stereocenters. The fourth-order valence-corrected chi connectivity index (χ4v) is 4.61. The monoisotopic (exact) mass is 539 g/mol. The Bertz CT molecular complexity index is 1260. The lowest BCUT2D eigenvalue weighted by atomic mass is 10.2. The predicted octanol–water partition coefficient (Wildman–Crippen LogP) is 5.21. The molecule has 0 N–H and O–H groups in total. The summed E-state index contributed by atoms with van der Waals surface area (Å²) in [4.78, 5) is 41.2. The highest BCUT2D eigenvalue weighted by molar-refractivity contribution is 7.10. The molecule has 0 aliphatic carbocycles. The lowest BCUT2D eigenvalue weighted by Crippen LogP contribution is -2.42. The number of methoxy groups -OCH3 is 1. The van der Waals surface area contributed by atoms with Crippen LogP contribution >= 0.6 is 11.3 Å². The fourth-order valence-electron chi connectivity index (χ4n) is 3.69. The number of carbonyl (C=O) groups is 2. The van der Waals surface area contributed by atoms with Crippen molar-refractivity contribution in [2.45, 2.75) is 26.4 Å². The summed E-state index contributed by atoms with van der Waals surface area (Å²) < 4.78 is 18.6. The molecule has 38 heavy (non-hydrogen) atoms. The summed E-state index contributed by atoms with van der Waals surface area (Å²) in [6.07, 6.45) is 3.46. The Morgan fingerprint density at radius 1 is 1.05 bits per heavy atom. The van der Waals surface area contributed by atoms with Crippen LogP contribution in [-0.2, 0) is 27.4 Å². The maximum Gasteiger partial charge on any atom is 0.269 e. The van der Waals surface area contributed by atoms with E-state index in [9.17, 15) is 24.1 Å². The third-order valence-corrected chi connectivity index (χ3v) is 6.89. The Kier molecular flexibility index (Phi) is 10.7. The van der Waals surface area contributed by atoms with E-state index in [-0.39, 0.29) is 36.4 Å². The third kappa shape index (κ3) is 8.60. The summed E-state index contributed by atoms with van der Waals surface area (Å²) in [5.74, 6) is -0.950. The van der Waals surface area contributed by atoms with E-state index in [0.717, 1.165) is 16.0 Å². The first-order valence-corrected chi connectivity index (χ1v) is 12.9. The van der Waals surface area contributed by atoms with Crippen LogP contribution in [0, 0.1) is 22.9 Å². The van der Waals surface area contributed by atoms with Crippen molar-refractivity contribution in [1.29, 1.82) is 0 Å². The van der Waals surface area contributed by atoms with Gasteiger partial charge in [0.05, 0.1) is 11.5 Å². The fraction of sp³-hybridized carbons (Fsp3) is 0.286. The van der Waals surface area contributed by atoms with Crippen LogP contribution in [0.15, 0.2) is 66.1 Å². The van der Waals surface area contributed by atoms with Gasteiger partial charge in [0, 0.05) is 49.9 Å². The Morgan fingerprint density at radius 3 is 2.37 bits per heavy atom. The van der Waals surface area contributed by atoms with Gasteiger partial charge in [-0.3, -0.25) is 19.7 Å². The highest BCUT2D eigenvalue weighted by Crippen LogP contribution is 2.20. The molecule has 0 radical (unpaired) electrons. The molecule has 0 unspecified atom stereocenters. The van der Waals surface area contributed by atoms with Crippen LogP contribution in [0.25, 0.3) is 6.08 Å². The van der Waals surface area contributed by atoms with Crippen LogP contribution in [0.4, 0.5) is 10.1 Å². The van der Waals surface area contributed by atoms with E-state index in [0.29, 0.717) is 31.7 Å². The topological polar surface area (TPSA) is 93.0 Å². The normalized spacial score (nSPS) is 11.0. The summed E-state index contributed by atoms with van der Waals surface area (Å²) in [7, 11) is 1.57. The zero-order valence-electron chi connectivity index (χ0n) is 21.3. The zero-order chi connectivity index (χ0) is 27.5. The Hall–Kier alpha value is -3.89. The summed E-state index contributed by atoms with van der Waals surface area (Å²) in [6, 6.07) is 13.8. The minimum atomic E-state index is -0.489. The number of nitro groups is 1. The minimum Gasteiger partial charge on any atom is -0.385 e. The number of ether oxygens (including phenoxy) is 1. The van der Waals surface area contributed by atoms with Gasteiger partial charge in [-0.1, -0.05) is 12.1 Å². The number of aryl methyl sites for hydroxylation is 1. The molecule has 200 valence electrons. The van der Waals surface area contributed by atoms with Gasteiger partial charge >= 0.3 is 0 Å². The molecule has 0 aliphatic heterocycles. The molecule has 0 saturated carbocycles. The standard InChI is InChI=1S/C28H30FN3O5S/c1-21-14-17-38-26(21)19-31(18-23-4-9-24(29)10-5-23)28(34)20-30(15-3-16-37-2)27(33)13-8-22-6-11-25(12-7-22)32(35)36/h4-14,17H,3,15-16,18-20H2,1-2H3/b13-8+. The minimum absolute atomic E-state index is 0.0394. The number of halogens is 1. The average Bonchev–Trinajstić information content (AvgIpc) is 3.31. The first-order chi connectivity index (χ1) is 18.3. The Labute approximate surface area is 225 Å². The van der Waals surface area contributed by atoms with Crippen molar-refractivity contribution in [1.82, 2.24) is 9.80 Å². The van der Waals surface area contributed by atoms with E-state index in [4.69, 9.17) is 4.74 Å². The van der Waals surface area contributed by atoms with Crippen LogP contribution in [0.2, 0.25) is 0 Å². The van der Waals surface area contributed by atoms with Gasteiger partial charge in [-0.15, -0.1) is 11.3 Å². The number of rotatable bonds is 13. The van der Waals surface area contributed by atoms with E-state index < -0.39 is 4.92 Å². The van der Waals surface area contributed by atoms with E-state index in [1.54, 1.807) is 53.7 Å². The summed E-state index contributed by atoms with van der Waals surface area (Å²) in [5, 5.41) is 12.8. The molecule has 8 nitrogen and oxygen atoms in total. The SMILES string of the molecule is COCCCN(CC(=O)N(Cc1ccc(F)cc1)Cc1sccc1C)C(=O)/C=C/c1ccc([N+](=O)[O-])cc1. The second-order valence-corrected chi connectivity index (χ2v) is 9.69. The van der Waals surface area contributed by atoms with Gasteiger partial charge in [0.1, 0.15) is 12.4 Å². The van der Waals surface area contributed by atoms with Gasteiger partial charge in [0.15, 0.2) is 0 Å². The van der Waals surface area contributed by atoms with Gasteiger partial charge in [-0.05, 0) is 71.8 Å². The molecule has 0 saturated heterocycles. The first kappa shape index (κ1) is 28.7. The summed E-state index contributed by atoms with van der Waals surface area (Å²) in [5.41, 5.74) is 2.44. The molecule has 1 heterocycles. The number of nitro benzene ring substituents is 1. The predicted molar refractivity (Wildman–Crippen MR) is 145 cm³/mol. The molecule has 3 aromatic rings. The second kappa shape index (κ2) is 14.2. The van der Waals surface area contributed by atoms with Crippen LogP contribution in [0.5, 0.6) is 0 Å². The van der Waals surface area contributed by atoms with Crippen LogP contribution in [0.3, 0.4) is 0 Å². The molecule has 2 aromatic carbocycles. The Morgan fingerprint density at radius 2 is 1.76 bits per heavy atom. The van der Waals surface area contributed by atoms with Crippen molar-refractivity contribution in [2.24, 2.45) is 0 Å². The number of carbonyl (C=O) groups excluding carboxylic acids is 2. The van der Waals surface area contributed by atoms with Crippen LogP contribution in [0.1, 0.15) is 28.0 Å². The van der Waals surface area contributed by atoms with Gasteiger partial charge in [0.25, 0.3) is 5.69 Å². The molecular formula is C28H30FN3O5S. The first-order valence-electron chi connectivity index (χ1n) is 12.0. The second-order valence-electron chi connectivity index (χ2n) is 8.69. The van der Waals surface area contributed by atoms with E-state index in [1.807, 2.05) is 18.4 Å². The molecule has 10 heteroatoms. The van der Waals surface area contributed by atoms with Gasteiger partial charge < -0.3 is 14.5 Å². The van der Waals surface area contributed by atoms with Crippen molar-refractivity contribution >= 4 is 34.9 Å². The van der Waals surface area contributed by atoms with Crippen molar-refractivity contribution in [3.05, 3.63) is 104 Å². The molecule has 1 aromatic heterocycles. The van der Waals surface area contributed by atoms with E-state index >= 15 is 0 Å². The molecule has 0 spiro atoms. The maximum atomic E-state index is 13.5. The number of benzene rings is 2. The number of thiophene rings is 1. The summed E-state index contributed by atoms with van der Waals surface area (Å²) in [6.45, 7) is 3.23. The highest BCUT2D eigenvalue weighted by atomic mass is 32.1. The lowest BCUT2D eigenvalue weighted by molar-refractivity contribution is -0.384. The van der Waals surface area contributed by atoms with Crippen molar-refractivity contribution in [2.75, 3.05) is 26.8 Å². The van der Waals surface area contributed by atoms with Gasteiger partial charge in [-0.25, -0.2) is 4.39 Å².